The van der Waals surface area contributed by atoms with Gasteiger partial charge in [0, 0.05) is 26.0 Å². The predicted octanol–water partition coefficient (Wildman–Crippen LogP) is 0.112. The number of likely N-dealkylation sites (N-methyl/N-ethyl adjacent to an activating group) is 1. The summed E-state index contributed by atoms with van der Waals surface area (Å²) in [4.78, 5) is 13.5. The Balaban J connectivity index is 1.76. The van der Waals surface area contributed by atoms with Crippen LogP contribution in [0.3, 0.4) is 0 Å². The van der Waals surface area contributed by atoms with E-state index in [1.165, 1.54) is 0 Å². The van der Waals surface area contributed by atoms with Crippen LogP contribution in [0, 0.1) is 5.92 Å². The first-order valence-corrected chi connectivity index (χ1v) is 5.54. The number of aliphatic hydroxyl groups is 1. The fourth-order valence-corrected chi connectivity index (χ4v) is 1.99. The number of nitrogens with zero attached hydrogens (tertiary/aromatic N) is 3. The van der Waals surface area contributed by atoms with Gasteiger partial charge in [0.2, 0.25) is 5.91 Å². The third-order valence-corrected chi connectivity index (χ3v) is 3.03. The molecule has 1 aromatic rings. The highest BCUT2D eigenvalue weighted by molar-refractivity contribution is 5.75. The lowest BCUT2D eigenvalue weighted by Crippen LogP contribution is -2.40. The van der Waals surface area contributed by atoms with Crippen LogP contribution in [0.2, 0.25) is 0 Å². The molecule has 5 nitrogen and oxygen atoms in total. The zero-order valence-corrected chi connectivity index (χ0v) is 9.41. The Bertz CT molecular complexity index is 344. The van der Waals surface area contributed by atoms with Crippen molar-refractivity contribution in [2.24, 2.45) is 5.92 Å². The highest BCUT2D eigenvalue weighted by Gasteiger charge is 2.28. The van der Waals surface area contributed by atoms with E-state index in [1.807, 2.05) is 0 Å². The number of aliphatic hydroxyl groups excluding tert-OH is 1. The summed E-state index contributed by atoms with van der Waals surface area (Å²) in [5.74, 6) is 0.520. The second-order valence-electron chi connectivity index (χ2n) is 4.47. The van der Waals surface area contributed by atoms with Gasteiger partial charge in [0.1, 0.15) is 6.54 Å². The molecule has 1 fully saturated rings. The Morgan fingerprint density at radius 2 is 2.38 bits per heavy atom. The molecule has 1 N–H and O–H groups in total. The van der Waals surface area contributed by atoms with E-state index in [0.29, 0.717) is 12.5 Å². The van der Waals surface area contributed by atoms with Gasteiger partial charge in [0.05, 0.1) is 6.10 Å². The van der Waals surface area contributed by atoms with E-state index in [9.17, 15) is 4.79 Å². The zero-order chi connectivity index (χ0) is 11.5. The fourth-order valence-electron chi connectivity index (χ4n) is 1.99. The molecule has 0 saturated heterocycles. The van der Waals surface area contributed by atoms with Gasteiger partial charge in [-0.25, -0.2) is 0 Å². The highest BCUT2D eigenvalue weighted by atomic mass is 16.3. The van der Waals surface area contributed by atoms with Crippen LogP contribution in [-0.2, 0) is 11.3 Å². The van der Waals surface area contributed by atoms with Crippen LogP contribution >= 0.6 is 0 Å². The summed E-state index contributed by atoms with van der Waals surface area (Å²) < 4.78 is 1.62. The normalized spacial score (nSPS) is 23.9. The standard InChI is InChI=1S/C11H17N3O2/c1-13(7-9-5-10(15)6-9)11(16)8-14-4-2-3-12-14/h2-4,9-10,15H,5-8H2,1H3. The number of carbonyl (C=O) groups is 1. The van der Waals surface area contributed by atoms with E-state index >= 15 is 0 Å². The summed E-state index contributed by atoms with van der Waals surface area (Å²) in [6, 6.07) is 1.80. The molecule has 5 heteroatoms. The smallest absolute Gasteiger partial charge is 0.244 e. The zero-order valence-electron chi connectivity index (χ0n) is 9.41. The first-order valence-electron chi connectivity index (χ1n) is 5.54. The molecule has 1 amide bonds. The van der Waals surface area contributed by atoms with Crippen LogP contribution in [0.5, 0.6) is 0 Å². The molecule has 1 aliphatic rings. The molecule has 0 aliphatic heterocycles. The van der Waals surface area contributed by atoms with Crippen LogP contribution < -0.4 is 0 Å². The molecule has 0 unspecified atom stereocenters. The minimum absolute atomic E-state index is 0.0603. The van der Waals surface area contributed by atoms with E-state index in [1.54, 1.807) is 35.1 Å². The summed E-state index contributed by atoms with van der Waals surface area (Å²) in [5.41, 5.74) is 0. The van der Waals surface area contributed by atoms with Crippen molar-refractivity contribution >= 4 is 5.91 Å². The van der Waals surface area contributed by atoms with Gasteiger partial charge >= 0.3 is 0 Å². The molecule has 0 radical (unpaired) electrons. The van der Waals surface area contributed by atoms with Gasteiger partial charge in [0.15, 0.2) is 0 Å². The molecule has 0 spiro atoms. The van der Waals surface area contributed by atoms with Gasteiger partial charge in [-0.2, -0.15) is 5.10 Å². The van der Waals surface area contributed by atoms with Gasteiger partial charge in [-0.3, -0.25) is 9.48 Å². The largest absolute Gasteiger partial charge is 0.393 e. The molecule has 0 bridgehead atoms. The van der Waals surface area contributed by atoms with E-state index in [-0.39, 0.29) is 12.0 Å². The van der Waals surface area contributed by atoms with Gasteiger partial charge in [-0.05, 0) is 24.8 Å². The van der Waals surface area contributed by atoms with Crippen molar-refractivity contribution in [1.29, 1.82) is 0 Å². The maximum atomic E-state index is 11.8. The molecule has 1 aromatic heterocycles. The summed E-state index contributed by atoms with van der Waals surface area (Å²) >= 11 is 0. The molecule has 2 rings (SSSR count). The number of amides is 1. The first-order chi connectivity index (χ1) is 7.65. The van der Waals surface area contributed by atoms with E-state index in [4.69, 9.17) is 5.11 Å². The molecule has 1 saturated carbocycles. The molecule has 1 aliphatic carbocycles. The molecule has 0 atom stereocenters. The minimum Gasteiger partial charge on any atom is -0.393 e. The molecule has 1 heterocycles. The third-order valence-electron chi connectivity index (χ3n) is 3.03. The van der Waals surface area contributed by atoms with Crippen molar-refractivity contribution < 1.29 is 9.90 Å². The van der Waals surface area contributed by atoms with Crippen LogP contribution in [0.4, 0.5) is 0 Å². The minimum atomic E-state index is -0.153. The number of carbonyl (C=O) groups excluding carboxylic acids is 1. The maximum Gasteiger partial charge on any atom is 0.244 e. The number of rotatable bonds is 4. The quantitative estimate of drug-likeness (QED) is 0.788. The summed E-state index contributed by atoms with van der Waals surface area (Å²) in [7, 11) is 1.80. The van der Waals surface area contributed by atoms with Crippen molar-refractivity contribution in [2.75, 3.05) is 13.6 Å². The Hall–Kier alpha value is -1.36. The lowest BCUT2D eigenvalue weighted by molar-refractivity contribution is -0.132. The van der Waals surface area contributed by atoms with Crippen LogP contribution in [0.15, 0.2) is 18.5 Å². The van der Waals surface area contributed by atoms with E-state index in [0.717, 1.165) is 19.4 Å². The van der Waals surface area contributed by atoms with Gasteiger partial charge in [-0.1, -0.05) is 0 Å². The first kappa shape index (κ1) is 11.1. The second-order valence-corrected chi connectivity index (χ2v) is 4.47. The maximum absolute atomic E-state index is 11.8. The molecule has 88 valence electrons. The monoisotopic (exact) mass is 223 g/mol. The number of hydrogen-bond donors (Lipinski definition) is 1. The Morgan fingerprint density at radius 1 is 1.62 bits per heavy atom. The Morgan fingerprint density at radius 3 is 2.94 bits per heavy atom. The fraction of sp³-hybridized carbons (Fsp3) is 0.636. The Kier molecular flexibility index (Phi) is 3.24. The van der Waals surface area contributed by atoms with Crippen LogP contribution in [0.25, 0.3) is 0 Å². The van der Waals surface area contributed by atoms with E-state index < -0.39 is 0 Å². The lowest BCUT2D eigenvalue weighted by atomic mass is 9.82. The predicted molar refractivity (Wildman–Crippen MR) is 58.6 cm³/mol. The van der Waals surface area contributed by atoms with Crippen molar-refractivity contribution in [3.8, 4) is 0 Å². The van der Waals surface area contributed by atoms with Gasteiger partial charge < -0.3 is 10.0 Å². The SMILES string of the molecule is CN(CC1CC(O)C1)C(=O)Cn1cccn1. The number of hydrogen-bond acceptors (Lipinski definition) is 3. The summed E-state index contributed by atoms with van der Waals surface area (Å²) in [5, 5.41) is 13.2. The van der Waals surface area contributed by atoms with Crippen LogP contribution in [0.1, 0.15) is 12.8 Å². The average molecular weight is 223 g/mol. The number of aromatic nitrogens is 2. The molecule has 0 aromatic carbocycles. The van der Waals surface area contributed by atoms with Gasteiger partial charge in [0.25, 0.3) is 0 Å². The van der Waals surface area contributed by atoms with Crippen molar-refractivity contribution in [1.82, 2.24) is 14.7 Å². The highest BCUT2D eigenvalue weighted by Crippen LogP contribution is 2.27. The lowest BCUT2D eigenvalue weighted by Gasteiger charge is -2.34. The molecular formula is C11H17N3O2. The Labute approximate surface area is 94.7 Å². The second kappa shape index (κ2) is 4.65. The van der Waals surface area contributed by atoms with Crippen molar-refractivity contribution in [3.05, 3.63) is 18.5 Å². The van der Waals surface area contributed by atoms with Crippen LogP contribution in [-0.4, -0.2) is 45.4 Å². The summed E-state index contributed by atoms with van der Waals surface area (Å²) in [6.07, 6.45) is 4.92. The summed E-state index contributed by atoms with van der Waals surface area (Å²) in [6.45, 7) is 1.02. The van der Waals surface area contributed by atoms with Gasteiger partial charge in [-0.15, -0.1) is 0 Å². The van der Waals surface area contributed by atoms with Crippen molar-refractivity contribution in [2.45, 2.75) is 25.5 Å². The third kappa shape index (κ3) is 2.61. The molecule has 16 heavy (non-hydrogen) atoms. The topological polar surface area (TPSA) is 58.4 Å². The van der Waals surface area contributed by atoms with Crippen molar-refractivity contribution in [3.63, 3.8) is 0 Å². The average Bonchev–Trinajstić information content (AvgIpc) is 2.68. The van der Waals surface area contributed by atoms with E-state index in [2.05, 4.69) is 5.10 Å². The molecular weight excluding hydrogens is 206 g/mol.